The topological polar surface area (TPSA) is 91.8 Å². The minimum atomic E-state index is -0.431. The molecule has 0 fully saturated rings. The summed E-state index contributed by atoms with van der Waals surface area (Å²) < 4.78 is 6.08. The van der Waals surface area contributed by atoms with Crippen molar-refractivity contribution in [2.24, 2.45) is 0 Å². The highest BCUT2D eigenvalue weighted by molar-refractivity contribution is 6.38. The number of aryl methyl sites for hydroxylation is 1. The van der Waals surface area contributed by atoms with Gasteiger partial charge in [-0.3, -0.25) is 14.4 Å². The number of nitrogens with zero attached hydrogens (tertiary/aromatic N) is 3. The maximum Gasteiger partial charge on any atom is 0.246 e. The molecule has 8 nitrogen and oxygen atoms in total. The number of aromatic nitrogens is 1. The molecule has 1 aromatic heterocycles. The summed E-state index contributed by atoms with van der Waals surface area (Å²) in [6.45, 7) is 5.72. The van der Waals surface area contributed by atoms with E-state index in [9.17, 15) is 14.4 Å². The lowest BCUT2D eigenvalue weighted by Crippen LogP contribution is -2.37. The van der Waals surface area contributed by atoms with Gasteiger partial charge in [0.2, 0.25) is 17.7 Å². The Balaban J connectivity index is 1.38. The summed E-state index contributed by atoms with van der Waals surface area (Å²) in [4.78, 5) is 44.7. The average Bonchev–Trinajstić information content (AvgIpc) is 2.99. The van der Waals surface area contributed by atoms with Gasteiger partial charge in [-0.05, 0) is 61.9 Å². The number of hydrogen-bond acceptors (Lipinski definition) is 5. The third kappa shape index (κ3) is 7.71. The Morgan fingerprint density at radius 2 is 1.74 bits per heavy atom. The Hall–Kier alpha value is -4.40. The van der Waals surface area contributed by atoms with Gasteiger partial charge in [0.05, 0.1) is 17.3 Å². The van der Waals surface area contributed by atoms with Crippen LogP contribution in [-0.2, 0) is 21.0 Å². The predicted octanol–water partition coefficient (Wildman–Crippen LogP) is 6.59. The average molecular weight is 620 g/mol. The Kier molecular flexibility index (Phi) is 10.4. The Bertz CT molecular complexity index is 1690. The number of hydrogen-bond donors (Lipinski definition) is 1. The summed E-state index contributed by atoms with van der Waals surface area (Å²) in [5, 5.41) is 4.22. The van der Waals surface area contributed by atoms with Gasteiger partial charge in [0.1, 0.15) is 17.9 Å². The number of pyridine rings is 1. The van der Waals surface area contributed by atoms with Crippen molar-refractivity contribution in [3.63, 3.8) is 0 Å². The first kappa shape index (κ1) is 31.5. The minimum Gasteiger partial charge on any atom is -0.487 e. The van der Waals surface area contributed by atoms with Crippen LogP contribution in [0.4, 0.5) is 11.4 Å². The molecule has 0 saturated carbocycles. The molecule has 0 atom stereocenters. The van der Waals surface area contributed by atoms with E-state index in [2.05, 4.69) is 10.3 Å². The summed E-state index contributed by atoms with van der Waals surface area (Å²) in [7, 11) is 1.57. The molecule has 0 bridgehead atoms. The van der Waals surface area contributed by atoms with Gasteiger partial charge < -0.3 is 19.9 Å². The third-order valence-electron chi connectivity index (χ3n) is 6.84. The SMILES string of the molecule is CCN(C(C)=O)c1ccc(/C=C/C(=O)NCC(=O)N(C)c2ccc(Cl)c(COc3cccc4ccc(C)nc34)c2Cl)cc1. The summed E-state index contributed by atoms with van der Waals surface area (Å²) in [5.41, 5.74) is 4.11. The van der Waals surface area contributed by atoms with Gasteiger partial charge in [0.15, 0.2) is 0 Å². The Labute approximate surface area is 260 Å². The molecule has 4 aromatic rings. The molecule has 10 heteroatoms. The first-order valence-corrected chi connectivity index (χ1v) is 14.4. The van der Waals surface area contributed by atoms with Gasteiger partial charge in [-0.25, -0.2) is 4.98 Å². The van der Waals surface area contributed by atoms with E-state index in [-0.39, 0.29) is 30.0 Å². The van der Waals surface area contributed by atoms with Crippen LogP contribution >= 0.6 is 23.2 Å². The first-order valence-electron chi connectivity index (χ1n) is 13.7. The van der Waals surface area contributed by atoms with Crippen LogP contribution in [-0.4, -0.2) is 42.8 Å². The van der Waals surface area contributed by atoms with E-state index in [0.717, 1.165) is 27.8 Å². The van der Waals surface area contributed by atoms with Crippen molar-refractivity contribution in [3.8, 4) is 5.75 Å². The van der Waals surface area contributed by atoms with Crippen LogP contribution < -0.4 is 19.9 Å². The molecule has 1 heterocycles. The van der Waals surface area contributed by atoms with Crippen LogP contribution in [0.25, 0.3) is 17.0 Å². The zero-order valence-electron chi connectivity index (χ0n) is 24.4. The molecule has 0 saturated heterocycles. The standard InChI is InChI=1S/C33H32Cl2N4O4/c1-5-39(22(3)40)25-14-10-23(11-15-25)12-18-30(41)36-19-31(42)38(4)28-17-16-27(34)26(32(28)35)20-43-29-8-6-7-24-13-9-21(2)37-33(24)29/h6-18H,5,19-20H2,1-4H3,(H,36,41)/b18-12+. The van der Waals surface area contributed by atoms with Crippen molar-refractivity contribution in [3.05, 3.63) is 99.7 Å². The fourth-order valence-corrected chi connectivity index (χ4v) is 5.07. The minimum absolute atomic E-state index is 0.0437. The Morgan fingerprint density at radius 3 is 2.44 bits per heavy atom. The van der Waals surface area contributed by atoms with Crippen LogP contribution in [0, 0.1) is 6.92 Å². The van der Waals surface area contributed by atoms with Crippen LogP contribution in [0.3, 0.4) is 0 Å². The highest BCUT2D eigenvalue weighted by atomic mass is 35.5. The van der Waals surface area contributed by atoms with Crippen molar-refractivity contribution in [1.29, 1.82) is 0 Å². The highest BCUT2D eigenvalue weighted by Crippen LogP contribution is 2.35. The van der Waals surface area contributed by atoms with Crippen LogP contribution in [0.5, 0.6) is 5.75 Å². The number of benzene rings is 3. The van der Waals surface area contributed by atoms with Gasteiger partial charge in [-0.2, -0.15) is 0 Å². The molecular weight excluding hydrogens is 587 g/mol. The van der Waals surface area contributed by atoms with Gasteiger partial charge in [-0.15, -0.1) is 0 Å². The van der Waals surface area contributed by atoms with Crippen molar-refractivity contribution >= 4 is 69.3 Å². The number of nitrogens with one attached hydrogen (secondary N) is 1. The molecule has 3 aromatic carbocycles. The number of ether oxygens (including phenoxy) is 1. The molecule has 0 radical (unpaired) electrons. The molecule has 0 aliphatic rings. The highest BCUT2D eigenvalue weighted by Gasteiger charge is 2.19. The van der Waals surface area contributed by atoms with E-state index >= 15 is 0 Å². The summed E-state index contributed by atoms with van der Waals surface area (Å²) in [6.07, 6.45) is 2.98. The second-order valence-corrected chi connectivity index (χ2v) is 10.6. The summed E-state index contributed by atoms with van der Waals surface area (Å²) in [5.74, 6) is -0.258. The molecule has 1 N–H and O–H groups in total. The quantitative estimate of drug-likeness (QED) is 0.202. The third-order valence-corrected chi connectivity index (χ3v) is 7.61. The van der Waals surface area contributed by atoms with E-state index in [1.807, 2.05) is 68.4 Å². The second-order valence-electron chi connectivity index (χ2n) is 9.79. The van der Waals surface area contributed by atoms with Crippen LogP contribution in [0.15, 0.2) is 72.8 Å². The number of amides is 3. The molecule has 0 unspecified atom stereocenters. The lowest BCUT2D eigenvalue weighted by molar-refractivity contribution is -0.122. The zero-order chi connectivity index (χ0) is 31.1. The number of halogens is 2. The van der Waals surface area contributed by atoms with Gasteiger partial charge in [-0.1, -0.05) is 53.5 Å². The zero-order valence-corrected chi connectivity index (χ0v) is 25.9. The molecule has 222 valence electrons. The molecule has 43 heavy (non-hydrogen) atoms. The monoisotopic (exact) mass is 618 g/mol. The van der Waals surface area contributed by atoms with E-state index in [0.29, 0.717) is 28.6 Å². The maximum absolute atomic E-state index is 12.9. The molecule has 0 spiro atoms. The largest absolute Gasteiger partial charge is 0.487 e. The van der Waals surface area contributed by atoms with Crippen molar-refractivity contribution in [1.82, 2.24) is 10.3 Å². The van der Waals surface area contributed by atoms with Crippen molar-refractivity contribution < 1.29 is 19.1 Å². The summed E-state index contributed by atoms with van der Waals surface area (Å²) in [6, 6.07) is 20.1. The van der Waals surface area contributed by atoms with Crippen molar-refractivity contribution in [2.45, 2.75) is 27.4 Å². The van der Waals surface area contributed by atoms with Gasteiger partial charge in [0, 0.05) is 53.9 Å². The van der Waals surface area contributed by atoms with Gasteiger partial charge in [0.25, 0.3) is 0 Å². The number of fused-ring (bicyclic) bond motifs is 1. The number of likely N-dealkylation sites (N-methyl/N-ethyl adjacent to an activating group) is 1. The Morgan fingerprint density at radius 1 is 1.00 bits per heavy atom. The van der Waals surface area contributed by atoms with E-state index in [4.69, 9.17) is 27.9 Å². The number of rotatable bonds is 10. The number of carbonyl (C=O) groups excluding carboxylic acids is 3. The lowest BCUT2D eigenvalue weighted by Gasteiger charge is -2.21. The van der Waals surface area contributed by atoms with Crippen molar-refractivity contribution in [2.75, 3.05) is 29.9 Å². The fraction of sp³-hybridized carbons (Fsp3) is 0.212. The molecule has 3 amide bonds. The van der Waals surface area contributed by atoms with E-state index in [1.165, 1.54) is 17.9 Å². The normalized spacial score (nSPS) is 11.0. The summed E-state index contributed by atoms with van der Waals surface area (Å²) >= 11 is 13.2. The molecular formula is C33H32Cl2N4O4. The van der Waals surface area contributed by atoms with E-state index in [1.54, 1.807) is 30.2 Å². The van der Waals surface area contributed by atoms with Crippen LogP contribution in [0.1, 0.15) is 30.7 Å². The van der Waals surface area contributed by atoms with Gasteiger partial charge >= 0.3 is 0 Å². The number of para-hydroxylation sites is 1. The lowest BCUT2D eigenvalue weighted by atomic mass is 10.1. The number of carbonyl (C=O) groups is 3. The van der Waals surface area contributed by atoms with Crippen LogP contribution in [0.2, 0.25) is 10.0 Å². The fourth-order valence-electron chi connectivity index (χ4n) is 4.46. The number of anilines is 2. The molecule has 4 rings (SSSR count). The smallest absolute Gasteiger partial charge is 0.246 e. The molecule has 0 aliphatic carbocycles. The predicted molar refractivity (Wildman–Crippen MR) is 173 cm³/mol. The second kappa shape index (κ2) is 14.2. The molecule has 0 aliphatic heterocycles. The maximum atomic E-state index is 12.9. The van der Waals surface area contributed by atoms with E-state index < -0.39 is 5.91 Å². The first-order chi connectivity index (χ1) is 20.6.